The van der Waals surface area contributed by atoms with Gasteiger partial charge < -0.3 is 9.13 Å². The summed E-state index contributed by atoms with van der Waals surface area (Å²) in [6, 6.07) is 48.1. The quantitative estimate of drug-likeness (QED) is 0.171. The minimum absolute atomic E-state index is 0.00808. The third-order valence-electron chi connectivity index (χ3n) is 12.7. The van der Waals surface area contributed by atoms with Gasteiger partial charge in [-0.25, -0.2) is 0 Å². The van der Waals surface area contributed by atoms with Crippen molar-refractivity contribution in [2.75, 3.05) is 0 Å². The molecule has 270 valence electrons. The molecule has 0 radical (unpaired) electrons. The Morgan fingerprint density at radius 1 is 0.446 bits per heavy atom. The van der Waals surface area contributed by atoms with Crippen LogP contribution < -0.4 is 0 Å². The minimum atomic E-state index is -0.406. The molecule has 2 nitrogen and oxygen atoms in total. The number of hydrogen-bond acceptors (Lipinski definition) is 0. The summed E-state index contributed by atoms with van der Waals surface area (Å²) < 4.78 is 48.6. The summed E-state index contributed by atoms with van der Waals surface area (Å²) in [5, 5.41) is 6.34. The molecule has 2 aromatic heterocycles. The lowest BCUT2D eigenvalue weighted by Gasteiger charge is -2.42. The normalized spacial score (nSPS) is 16.2. The van der Waals surface area contributed by atoms with Crippen molar-refractivity contribution in [3.63, 3.8) is 0 Å². The van der Waals surface area contributed by atoms with Gasteiger partial charge >= 0.3 is 0 Å². The van der Waals surface area contributed by atoms with Gasteiger partial charge in [-0.15, -0.1) is 0 Å². The van der Waals surface area contributed by atoms with Gasteiger partial charge in [0.05, 0.1) is 28.9 Å². The lowest BCUT2D eigenvalue weighted by molar-refractivity contribution is 0.332. The molecule has 11 rings (SSSR count). The largest absolute Gasteiger partial charge is 0.309 e. The highest BCUT2D eigenvalue weighted by Gasteiger charge is 2.38. The highest BCUT2D eigenvalue weighted by atomic mass is 15.0. The fourth-order valence-corrected chi connectivity index (χ4v) is 9.65. The van der Waals surface area contributed by atoms with Crippen LogP contribution in [0.15, 0.2) is 170 Å². The minimum Gasteiger partial charge on any atom is -0.309 e. The van der Waals surface area contributed by atoms with Gasteiger partial charge in [0.15, 0.2) is 0 Å². The highest BCUT2D eigenvalue weighted by Crippen LogP contribution is 2.50. The lowest BCUT2D eigenvalue weighted by Crippen LogP contribution is -2.33. The second-order valence-electron chi connectivity index (χ2n) is 16.9. The molecular formula is C54H44N2. The van der Waals surface area contributed by atoms with Crippen LogP contribution in [0, 0.1) is 0 Å². The molecule has 10 aromatic rings. The smallest absolute Gasteiger partial charge is 0.0645 e. The number of fused-ring (bicyclic) bond motifs is 9. The molecule has 1 aliphatic carbocycles. The van der Waals surface area contributed by atoms with Crippen molar-refractivity contribution < 1.29 is 6.85 Å². The maximum atomic E-state index is 9.21. The first kappa shape index (κ1) is 28.1. The molecule has 0 bridgehead atoms. The van der Waals surface area contributed by atoms with Crippen LogP contribution in [0.2, 0.25) is 0 Å². The molecule has 1 aliphatic rings. The average Bonchev–Trinajstić information content (AvgIpc) is 3.77. The fourth-order valence-electron chi connectivity index (χ4n) is 9.65. The zero-order chi connectivity index (χ0) is 42.1. The predicted molar refractivity (Wildman–Crippen MR) is 239 cm³/mol. The molecule has 0 saturated heterocycles. The monoisotopic (exact) mass is 725 g/mol. The maximum Gasteiger partial charge on any atom is 0.0645 e. The van der Waals surface area contributed by atoms with Gasteiger partial charge in [0.25, 0.3) is 0 Å². The van der Waals surface area contributed by atoms with Crippen LogP contribution in [0.3, 0.4) is 0 Å². The van der Waals surface area contributed by atoms with E-state index in [-0.39, 0.29) is 40.7 Å². The van der Waals surface area contributed by atoms with Crippen molar-refractivity contribution in [2.24, 2.45) is 0 Å². The van der Waals surface area contributed by atoms with Gasteiger partial charge in [-0.3, -0.25) is 0 Å². The molecule has 0 amide bonds. The molecule has 0 aliphatic heterocycles. The lowest BCUT2D eigenvalue weighted by atomic mass is 9.63. The number of hydrogen-bond donors (Lipinski definition) is 0. The van der Waals surface area contributed by atoms with E-state index in [1.54, 1.807) is 0 Å². The van der Waals surface area contributed by atoms with Gasteiger partial charge in [0.1, 0.15) is 0 Å². The van der Waals surface area contributed by atoms with Crippen LogP contribution in [0.25, 0.3) is 88.0 Å². The molecule has 8 aromatic carbocycles. The van der Waals surface area contributed by atoms with E-state index in [4.69, 9.17) is 4.11 Å². The fraction of sp³-hybridized carbons (Fsp3) is 0.148. The van der Waals surface area contributed by atoms with Crippen LogP contribution >= 0.6 is 0 Å². The number of benzene rings is 8. The molecule has 2 heteroatoms. The van der Waals surface area contributed by atoms with Crippen LogP contribution in [0.1, 0.15) is 58.5 Å². The second kappa shape index (κ2) is 12.1. The van der Waals surface area contributed by atoms with Gasteiger partial charge in [-0.1, -0.05) is 143 Å². The van der Waals surface area contributed by atoms with Gasteiger partial charge in [-0.2, -0.15) is 0 Å². The van der Waals surface area contributed by atoms with Gasteiger partial charge in [-0.05, 0) is 122 Å². The van der Waals surface area contributed by atoms with E-state index in [1.165, 1.54) is 16.5 Å². The van der Waals surface area contributed by atoms with Crippen LogP contribution in [0.5, 0.6) is 0 Å². The molecule has 56 heavy (non-hydrogen) atoms. The summed E-state index contributed by atoms with van der Waals surface area (Å²) >= 11 is 0. The van der Waals surface area contributed by atoms with E-state index in [0.717, 1.165) is 89.8 Å². The SMILES string of the molecule is [2H]c1c([2H])c([2H])c(-n2c3cc4c(cc3c3c5ccccc5ccc32)c2cc3c(cc2n4-c2cccc(-c4ccccc4-c4ccccc4)c2)C(C)(C)CCC3(C)C)c([2H])c1[2H]. The molecule has 0 N–H and O–H groups in total. The molecular weight excluding hydrogens is 677 g/mol. The first-order chi connectivity index (χ1) is 29.3. The summed E-state index contributed by atoms with van der Waals surface area (Å²) in [6.07, 6.45) is 2.19. The maximum absolute atomic E-state index is 9.21. The summed E-state index contributed by atoms with van der Waals surface area (Å²) in [6.45, 7) is 9.49. The Balaban J connectivity index is 1.30. The number of aromatic nitrogens is 2. The predicted octanol–water partition coefficient (Wildman–Crippen LogP) is 14.7. The molecule has 0 spiro atoms. The third-order valence-corrected chi connectivity index (χ3v) is 12.7. The Bertz CT molecular complexity index is 3450. The van der Waals surface area contributed by atoms with E-state index in [9.17, 15) is 2.74 Å². The first-order valence-corrected chi connectivity index (χ1v) is 19.7. The number of nitrogens with zero attached hydrogens (tertiary/aromatic N) is 2. The summed E-state index contributed by atoms with van der Waals surface area (Å²) in [4.78, 5) is 0. The van der Waals surface area contributed by atoms with E-state index < -0.39 is 6.04 Å². The zero-order valence-corrected chi connectivity index (χ0v) is 32.1. The van der Waals surface area contributed by atoms with Crippen molar-refractivity contribution >= 4 is 54.4 Å². The van der Waals surface area contributed by atoms with Crippen LogP contribution in [-0.4, -0.2) is 9.13 Å². The van der Waals surface area contributed by atoms with Crippen molar-refractivity contribution in [1.29, 1.82) is 0 Å². The van der Waals surface area contributed by atoms with E-state index in [0.29, 0.717) is 0 Å². The summed E-state index contributed by atoms with van der Waals surface area (Å²) in [7, 11) is 0. The standard InChI is InChI=1S/C54H44N2/c1-53(2)28-29-54(3,4)47-33-49-44(32-46(47)53)43-31-45-51(55(38-20-9-6-10-21-38)48-27-26-36-18-11-12-25-42(36)52(45)48)34-50(43)56(49)39-22-15-19-37(30-39)41-24-14-13-23-40(41)35-16-7-5-8-17-35/h5-27,30-34H,28-29H2,1-4H3/i6D,9D,10D,20D,21D. The Hall–Kier alpha value is -6.38. The molecule has 0 saturated carbocycles. The van der Waals surface area contributed by atoms with E-state index in [2.05, 4.69) is 148 Å². The molecule has 0 atom stereocenters. The molecule has 2 heterocycles. The Morgan fingerprint density at radius 3 is 1.84 bits per heavy atom. The molecule has 0 unspecified atom stereocenters. The Labute approximate surface area is 335 Å². The highest BCUT2D eigenvalue weighted by molar-refractivity contribution is 6.25. The zero-order valence-electron chi connectivity index (χ0n) is 37.1. The van der Waals surface area contributed by atoms with Crippen LogP contribution in [-0.2, 0) is 10.8 Å². The molecule has 0 fully saturated rings. The van der Waals surface area contributed by atoms with Crippen molar-refractivity contribution in [1.82, 2.24) is 9.13 Å². The van der Waals surface area contributed by atoms with E-state index in [1.807, 2.05) is 28.8 Å². The third kappa shape index (κ3) is 4.88. The first-order valence-electron chi connectivity index (χ1n) is 22.2. The van der Waals surface area contributed by atoms with E-state index >= 15 is 0 Å². The van der Waals surface area contributed by atoms with Crippen molar-refractivity contribution in [2.45, 2.75) is 51.4 Å². The number of rotatable bonds is 4. The number of para-hydroxylation sites is 1. The summed E-state index contributed by atoms with van der Waals surface area (Å²) in [5.41, 5.74) is 12.1. The Morgan fingerprint density at radius 2 is 1.05 bits per heavy atom. The van der Waals surface area contributed by atoms with Gasteiger partial charge in [0, 0.05) is 32.9 Å². The Kier molecular flexibility index (Phi) is 6.05. The van der Waals surface area contributed by atoms with Crippen LogP contribution in [0.4, 0.5) is 0 Å². The van der Waals surface area contributed by atoms with Crippen molar-refractivity contribution in [3.05, 3.63) is 181 Å². The topological polar surface area (TPSA) is 9.86 Å². The average molecular weight is 726 g/mol. The van der Waals surface area contributed by atoms with Crippen molar-refractivity contribution in [3.8, 4) is 33.6 Å². The van der Waals surface area contributed by atoms with Gasteiger partial charge in [0.2, 0.25) is 0 Å². The summed E-state index contributed by atoms with van der Waals surface area (Å²) in [5.74, 6) is 0. The second-order valence-corrected chi connectivity index (χ2v) is 16.9.